The van der Waals surface area contributed by atoms with Gasteiger partial charge in [0.15, 0.2) is 0 Å². The first kappa shape index (κ1) is 15.1. The van der Waals surface area contributed by atoms with Crippen molar-refractivity contribution < 1.29 is 14.3 Å². The first-order chi connectivity index (χ1) is 9.15. The number of ether oxygens (including phenoxy) is 2. The number of hydrogen-bond donors (Lipinski definition) is 1. The average molecular weight is 263 g/mol. The Morgan fingerprint density at radius 1 is 1.42 bits per heavy atom. The van der Waals surface area contributed by atoms with Crippen LogP contribution in [0.1, 0.15) is 20.3 Å². The van der Waals surface area contributed by atoms with E-state index in [1.165, 1.54) is 0 Å². The van der Waals surface area contributed by atoms with Crippen molar-refractivity contribution in [2.24, 2.45) is 0 Å². The van der Waals surface area contributed by atoms with E-state index in [0.29, 0.717) is 6.42 Å². The van der Waals surface area contributed by atoms with Crippen molar-refractivity contribution >= 4 is 11.7 Å². The lowest BCUT2D eigenvalue weighted by Crippen LogP contribution is -2.21. The second-order valence-electron chi connectivity index (χ2n) is 4.16. The van der Waals surface area contributed by atoms with Crippen molar-refractivity contribution in [3.05, 3.63) is 36.9 Å². The smallest absolute Gasteiger partial charge is 0.305 e. The lowest BCUT2D eigenvalue weighted by Gasteiger charge is -2.15. The number of anilines is 1. The van der Waals surface area contributed by atoms with Gasteiger partial charge in [-0.2, -0.15) is 0 Å². The number of benzene rings is 1. The summed E-state index contributed by atoms with van der Waals surface area (Å²) in [5, 5.41) is 3.18. The van der Waals surface area contributed by atoms with E-state index in [9.17, 15) is 4.79 Å². The van der Waals surface area contributed by atoms with Crippen molar-refractivity contribution in [3.8, 4) is 5.75 Å². The summed E-state index contributed by atoms with van der Waals surface area (Å²) in [5.74, 6) is 0.545. The molecule has 19 heavy (non-hydrogen) atoms. The van der Waals surface area contributed by atoms with Crippen LogP contribution in [0.15, 0.2) is 36.9 Å². The first-order valence-corrected chi connectivity index (χ1v) is 6.42. The molecule has 0 saturated heterocycles. The minimum Gasteiger partial charge on any atom is -0.487 e. The maximum absolute atomic E-state index is 11.0. The SMILES string of the molecule is C=CCNc1ccc(OC(C)COC(=O)CC)cc1. The predicted octanol–water partition coefficient (Wildman–Crippen LogP) is 3.01. The van der Waals surface area contributed by atoms with E-state index in [4.69, 9.17) is 9.47 Å². The molecule has 104 valence electrons. The quantitative estimate of drug-likeness (QED) is 0.578. The number of carbonyl (C=O) groups excluding carboxylic acids is 1. The maximum Gasteiger partial charge on any atom is 0.305 e. The lowest BCUT2D eigenvalue weighted by molar-refractivity contribution is -0.145. The van der Waals surface area contributed by atoms with Crippen LogP contribution in [0, 0.1) is 0 Å². The molecular weight excluding hydrogens is 242 g/mol. The zero-order chi connectivity index (χ0) is 14.1. The zero-order valence-electron chi connectivity index (χ0n) is 11.5. The van der Waals surface area contributed by atoms with E-state index in [1.54, 1.807) is 13.0 Å². The van der Waals surface area contributed by atoms with E-state index in [2.05, 4.69) is 11.9 Å². The average Bonchev–Trinajstić information content (AvgIpc) is 2.44. The fourth-order valence-corrected chi connectivity index (χ4v) is 1.42. The third kappa shape index (κ3) is 5.95. The number of esters is 1. The fraction of sp³-hybridized carbons (Fsp3) is 0.400. The second kappa shape index (κ2) is 8.19. The molecule has 0 heterocycles. The molecule has 0 amide bonds. The summed E-state index contributed by atoms with van der Waals surface area (Å²) in [4.78, 5) is 11.0. The van der Waals surface area contributed by atoms with Gasteiger partial charge in [-0.25, -0.2) is 0 Å². The highest BCUT2D eigenvalue weighted by Gasteiger charge is 2.07. The molecule has 0 bridgehead atoms. The Balaban J connectivity index is 2.39. The zero-order valence-corrected chi connectivity index (χ0v) is 11.5. The molecule has 4 heteroatoms. The summed E-state index contributed by atoms with van der Waals surface area (Å²) < 4.78 is 10.7. The number of nitrogens with one attached hydrogen (secondary N) is 1. The molecule has 0 aliphatic heterocycles. The van der Waals surface area contributed by atoms with E-state index in [1.807, 2.05) is 31.2 Å². The van der Waals surface area contributed by atoms with E-state index >= 15 is 0 Å². The van der Waals surface area contributed by atoms with Crippen molar-refractivity contribution in [1.29, 1.82) is 0 Å². The normalized spacial score (nSPS) is 11.5. The van der Waals surface area contributed by atoms with Gasteiger partial charge in [-0.1, -0.05) is 13.0 Å². The largest absolute Gasteiger partial charge is 0.487 e. The second-order valence-corrected chi connectivity index (χ2v) is 4.16. The van der Waals surface area contributed by atoms with Crippen LogP contribution in [-0.4, -0.2) is 25.2 Å². The van der Waals surface area contributed by atoms with Gasteiger partial charge in [0.25, 0.3) is 0 Å². The summed E-state index contributed by atoms with van der Waals surface area (Å²) in [6, 6.07) is 7.63. The van der Waals surface area contributed by atoms with Crippen molar-refractivity contribution in [2.75, 3.05) is 18.5 Å². The van der Waals surface area contributed by atoms with Gasteiger partial charge in [0, 0.05) is 18.7 Å². The van der Waals surface area contributed by atoms with Gasteiger partial charge in [-0.05, 0) is 31.2 Å². The van der Waals surface area contributed by atoms with Gasteiger partial charge in [0.05, 0.1) is 0 Å². The number of hydrogen-bond acceptors (Lipinski definition) is 4. The molecule has 0 spiro atoms. The fourth-order valence-electron chi connectivity index (χ4n) is 1.42. The van der Waals surface area contributed by atoms with E-state index in [-0.39, 0.29) is 18.7 Å². The lowest BCUT2D eigenvalue weighted by atomic mass is 10.3. The Kier molecular flexibility index (Phi) is 6.50. The van der Waals surface area contributed by atoms with Crippen molar-refractivity contribution in [1.82, 2.24) is 0 Å². The van der Waals surface area contributed by atoms with Crippen LogP contribution < -0.4 is 10.1 Å². The topological polar surface area (TPSA) is 47.6 Å². The van der Waals surface area contributed by atoms with E-state index in [0.717, 1.165) is 18.0 Å². The van der Waals surface area contributed by atoms with Crippen LogP contribution in [0.3, 0.4) is 0 Å². The summed E-state index contributed by atoms with van der Waals surface area (Å²) >= 11 is 0. The van der Waals surface area contributed by atoms with Crippen LogP contribution in [0.4, 0.5) is 5.69 Å². The Labute approximate surface area is 114 Å². The molecule has 0 radical (unpaired) electrons. The van der Waals surface area contributed by atoms with Crippen LogP contribution in [0.5, 0.6) is 5.75 Å². The summed E-state index contributed by atoms with van der Waals surface area (Å²) in [5.41, 5.74) is 1.01. The maximum atomic E-state index is 11.0. The van der Waals surface area contributed by atoms with Gasteiger partial charge in [0.2, 0.25) is 0 Å². The van der Waals surface area contributed by atoms with Crippen molar-refractivity contribution in [3.63, 3.8) is 0 Å². The molecule has 0 aromatic heterocycles. The molecule has 1 aromatic carbocycles. The molecule has 1 rings (SSSR count). The Morgan fingerprint density at radius 2 is 2.11 bits per heavy atom. The highest BCUT2D eigenvalue weighted by atomic mass is 16.6. The predicted molar refractivity (Wildman–Crippen MR) is 76.5 cm³/mol. The van der Waals surface area contributed by atoms with Gasteiger partial charge in [-0.3, -0.25) is 4.79 Å². The number of rotatable bonds is 8. The van der Waals surface area contributed by atoms with Crippen molar-refractivity contribution in [2.45, 2.75) is 26.4 Å². The van der Waals surface area contributed by atoms with Gasteiger partial charge < -0.3 is 14.8 Å². The van der Waals surface area contributed by atoms with Crippen LogP contribution in [-0.2, 0) is 9.53 Å². The molecule has 0 aliphatic rings. The van der Waals surface area contributed by atoms with Gasteiger partial charge >= 0.3 is 5.97 Å². The third-order valence-electron chi connectivity index (χ3n) is 2.41. The van der Waals surface area contributed by atoms with Crippen LogP contribution in [0.25, 0.3) is 0 Å². The number of carbonyl (C=O) groups is 1. The Morgan fingerprint density at radius 3 is 2.68 bits per heavy atom. The standard InChI is InChI=1S/C15H21NO3/c1-4-10-16-13-6-8-14(9-7-13)19-12(3)11-18-15(17)5-2/h4,6-9,12,16H,1,5,10-11H2,2-3H3. The van der Waals surface area contributed by atoms with Gasteiger partial charge in [0.1, 0.15) is 18.5 Å². The Hall–Kier alpha value is -1.97. The third-order valence-corrected chi connectivity index (χ3v) is 2.41. The molecular formula is C15H21NO3. The minimum absolute atomic E-state index is 0.164. The molecule has 1 atom stereocenters. The molecule has 0 aliphatic carbocycles. The van der Waals surface area contributed by atoms with E-state index < -0.39 is 0 Å². The summed E-state index contributed by atoms with van der Waals surface area (Å²) in [6.07, 6.45) is 2.02. The molecule has 0 fully saturated rings. The molecule has 1 N–H and O–H groups in total. The van der Waals surface area contributed by atoms with Crippen LogP contribution >= 0.6 is 0 Å². The monoisotopic (exact) mass is 263 g/mol. The Bertz CT molecular complexity index is 400. The molecule has 0 saturated carbocycles. The highest BCUT2D eigenvalue weighted by molar-refractivity contribution is 5.68. The first-order valence-electron chi connectivity index (χ1n) is 6.42. The summed E-state index contributed by atoms with van der Waals surface area (Å²) in [6.45, 7) is 8.27. The molecule has 1 aromatic rings. The minimum atomic E-state index is -0.209. The van der Waals surface area contributed by atoms with Crippen LogP contribution in [0.2, 0.25) is 0 Å². The molecule has 4 nitrogen and oxygen atoms in total. The molecule has 1 unspecified atom stereocenters. The highest BCUT2D eigenvalue weighted by Crippen LogP contribution is 2.16. The van der Waals surface area contributed by atoms with Gasteiger partial charge in [-0.15, -0.1) is 6.58 Å². The summed E-state index contributed by atoms with van der Waals surface area (Å²) in [7, 11) is 0.